The minimum Gasteiger partial charge on any atom is -0.481 e. The summed E-state index contributed by atoms with van der Waals surface area (Å²) in [6.07, 6.45) is -8.15. The molecule has 0 saturated heterocycles. The van der Waals surface area contributed by atoms with Gasteiger partial charge in [-0.05, 0) is 60.4 Å². The number of nitrogens with one attached hydrogen (secondary N) is 7. The molecular formula is C43H45BrF4N8O14S. The van der Waals surface area contributed by atoms with Gasteiger partial charge in [0.1, 0.15) is 36.0 Å². The highest BCUT2D eigenvalue weighted by molar-refractivity contribution is 9.10. The number of hydrogen-bond donors (Lipinski definition) is 11. The van der Waals surface area contributed by atoms with E-state index in [-0.39, 0.29) is 18.1 Å². The zero-order chi connectivity index (χ0) is 52.8. The van der Waals surface area contributed by atoms with Crippen LogP contribution < -0.4 is 37.0 Å². The summed E-state index contributed by atoms with van der Waals surface area (Å²) in [6.45, 7) is -1.04. The Morgan fingerprint density at radius 1 is 0.690 bits per heavy atom. The van der Waals surface area contributed by atoms with Gasteiger partial charge in [0, 0.05) is 47.3 Å². The van der Waals surface area contributed by atoms with Crippen LogP contribution in [-0.4, -0.2) is 119 Å². The van der Waals surface area contributed by atoms with Crippen molar-refractivity contribution in [3.63, 3.8) is 0 Å². The molecule has 0 unspecified atom stereocenters. The van der Waals surface area contributed by atoms with Crippen molar-refractivity contribution in [2.24, 2.45) is 5.73 Å². The molecule has 5 atom stereocenters. The number of hydrogen-bond acceptors (Lipinski definition) is 11. The number of carboxylic acids is 3. The summed E-state index contributed by atoms with van der Waals surface area (Å²) in [5, 5.41) is 39.8. The lowest BCUT2D eigenvalue weighted by Gasteiger charge is -2.25. The van der Waals surface area contributed by atoms with Crippen LogP contribution in [0.2, 0.25) is 0 Å². The Hall–Kier alpha value is -7.46. The fourth-order valence-electron chi connectivity index (χ4n) is 6.79. The molecular weight excluding hydrogens is 1040 g/mol. The molecule has 28 heteroatoms. The maximum atomic E-state index is 14.3. The maximum Gasteiger partial charge on any atom is 0.417 e. The van der Waals surface area contributed by atoms with E-state index in [4.69, 9.17) is 10.8 Å². The highest BCUT2D eigenvalue weighted by Gasteiger charge is 2.37. The summed E-state index contributed by atoms with van der Waals surface area (Å²) in [4.78, 5) is 117. The predicted molar refractivity (Wildman–Crippen MR) is 241 cm³/mol. The summed E-state index contributed by atoms with van der Waals surface area (Å²) in [5.74, 6) is -12.5. The third kappa shape index (κ3) is 17.2. The molecule has 0 fully saturated rings. The molecule has 1 heterocycles. The largest absolute Gasteiger partial charge is 0.481 e. The van der Waals surface area contributed by atoms with Crippen LogP contribution in [0.25, 0.3) is 10.9 Å². The van der Waals surface area contributed by atoms with Crippen molar-refractivity contribution in [2.45, 2.75) is 86.2 Å². The van der Waals surface area contributed by atoms with E-state index in [1.54, 1.807) is 35.2 Å². The minimum atomic E-state index is -5.10. The smallest absolute Gasteiger partial charge is 0.417 e. The number of carbonyl (C=O) groups excluding carboxylic acids is 6. The molecule has 6 amide bonds. The quantitative estimate of drug-likeness (QED) is 0.0391. The number of carboxylic acid groups (broad SMARTS) is 3. The number of primary amides is 1. The standard InChI is InChI=1S/C43H45BrF4N8O14S/c44-27-9-8-24(17-26(27)43(46,47)48)71(69,70)56-33(18-37(62)63)42(68)54-30(11-13-36(60)61)39(65)51-20-34(57)52-31(15-21-4-3-5-23(45)14-21)40(66)55-32(16-22-19-50-28-7-2-1-6-25(22)28)41(67)53-29(38(49)64)10-12-35(58)59/h1-9,14,17,19,29-33,50,56H,10-13,15-16,18,20H2,(H2,49,64)(H,51,65)(H,52,57)(H,53,67)(H,54,68)(H,55,66)(H,58,59)(H,60,61)(H,62,63)/t29-,30-,31-,32-,33+/m0/s1. The Bertz CT molecular complexity index is 2800. The van der Waals surface area contributed by atoms with Crippen LogP contribution in [0.3, 0.4) is 0 Å². The Balaban J connectivity index is 1.57. The number of aliphatic carboxylic acids is 3. The van der Waals surface area contributed by atoms with Crippen molar-refractivity contribution in [3.8, 4) is 0 Å². The number of halogens is 5. The molecule has 0 aliphatic carbocycles. The van der Waals surface area contributed by atoms with Gasteiger partial charge in [-0.15, -0.1) is 0 Å². The van der Waals surface area contributed by atoms with Crippen molar-refractivity contribution < 1.29 is 84.4 Å². The molecule has 382 valence electrons. The van der Waals surface area contributed by atoms with Gasteiger partial charge in [-0.2, -0.15) is 17.9 Å². The molecule has 3 aromatic carbocycles. The van der Waals surface area contributed by atoms with Crippen molar-refractivity contribution >= 4 is 90.2 Å². The number of amides is 6. The van der Waals surface area contributed by atoms with E-state index < -0.39 is 166 Å². The number of aromatic amines is 1. The van der Waals surface area contributed by atoms with E-state index >= 15 is 0 Å². The van der Waals surface area contributed by atoms with Gasteiger partial charge in [-0.1, -0.05) is 46.3 Å². The first-order valence-corrected chi connectivity index (χ1v) is 23.1. The lowest BCUT2D eigenvalue weighted by molar-refractivity contribution is -0.140. The molecule has 71 heavy (non-hydrogen) atoms. The molecule has 4 aromatic rings. The summed E-state index contributed by atoms with van der Waals surface area (Å²) in [7, 11) is -5.10. The van der Waals surface area contributed by atoms with Crippen LogP contribution >= 0.6 is 15.9 Å². The fourth-order valence-corrected chi connectivity index (χ4v) is 8.48. The van der Waals surface area contributed by atoms with Crippen LogP contribution in [0.1, 0.15) is 48.8 Å². The average molecular weight is 1090 g/mol. The number of carbonyl (C=O) groups is 9. The molecule has 22 nitrogen and oxygen atoms in total. The molecule has 0 saturated carbocycles. The molecule has 1 aromatic heterocycles. The van der Waals surface area contributed by atoms with Gasteiger partial charge in [0.15, 0.2) is 0 Å². The van der Waals surface area contributed by atoms with Crippen LogP contribution in [0.5, 0.6) is 0 Å². The molecule has 0 aliphatic heterocycles. The first-order valence-electron chi connectivity index (χ1n) is 20.9. The third-order valence-electron chi connectivity index (χ3n) is 10.3. The number of alkyl halides is 3. The SMILES string of the molecule is NC(=O)[C@H](CCC(=O)O)NC(=O)[C@H](Cc1c[nH]c2ccccc12)NC(=O)[C@H](Cc1cccc(F)c1)NC(=O)CNC(=O)[C@H](CCC(=O)O)NC(=O)[C@@H](CC(=O)O)NS(=O)(=O)c1ccc(Br)c(C(F)(F)F)c1. The number of fused-ring (bicyclic) bond motifs is 1. The van der Waals surface area contributed by atoms with Gasteiger partial charge in [0.05, 0.1) is 23.4 Å². The number of para-hydroxylation sites is 1. The highest BCUT2D eigenvalue weighted by atomic mass is 79.9. The normalized spacial score (nSPS) is 13.6. The highest BCUT2D eigenvalue weighted by Crippen LogP contribution is 2.36. The van der Waals surface area contributed by atoms with Crippen molar-refractivity contribution in [3.05, 3.63) is 99.9 Å². The first-order chi connectivity index (χ1) is 33.2. The van der Waals surface area contributed by atoms with Crippen LogP contribution in [0.15, 0.2) is 82.3 Å². The second kappa shape index (κ2) is 24.9. The number of nitrogens with two attached hydrogens (primary N) is 1. The van der Waals surface area contributed by atoms with E-state index in [1.807, 2.05) is 5.32 Å². The zero-order valence-electron chi connectivity index (χ0n) is 36.7. The fraction of sp³-hybridized carbons (Fsp3) is 0.326. The second-order valence-electron chi connectivity index (χ2n) is 15.6. The maximum absolute atomic E-state index is 14.3. The Kier molecular flexibility index (Phi) is 19.7. The first kappa shape index (κ1) is 56.1. The average Bonchev–Trinajstić information content (AvgIpc) is 3.69. The van der Waals surface area contributed by atoms with E-state index in [0.29, 0.717) is 22.5 Å². The summed E-state index contributed by atoms with van der Waals surface area (Å²) < 4.78 is 82.4. The summed E-state index contributed by atoms with van der Waals surface area (Å²) in [5.41, 5.74) is 5.25. The van der Waals surface area contributed by atoms with E-state index in [9.17, 15) is 79.3 Å². The van der Waals surface area contributed by atoms with Gasteiger partial charge in [-0.3, -0.25) is 43.2 Å². The van der Waals surface area contributed by atoms with Gasteiger partial charge < -0.3 is 52.6 Å². The molecule has 12 N–H and O–H groups in total. The van der Waals surface area contributed by atoms with E-state index in [1.165, 1.54) is 12.1 Å². The molecule has 4 rings (SSSR count). The Labute approximate surface area is 408 Å². The van der Waals surface area contributed by atoms with Crippen molar-refractivity contribution in [1.82, 2.24) is 36.3 Å². The lowest BCUT2D eigenvalue weighted by atomic mass is 10.0. The molecule has 0 spiro atoms. The molecule has 0 aliphatic rings. The Morgan fingerprint density at radius 2 is 1.28 bits per heavy atom. The lowest BCUT2D eigenvalue weighted by Crippen LogP contribution is -2.58. The summed E-state index contributed by atoms with van der Waals surface area (Å²) >= 11 is 2.65. The van der Waals surface area contributed by atoms with E-state index in [2.05, 4.69) is 42.2 Å². The van der Waals surface area contributed by atoms with Gasteiger partial charge >= 0.3 is 24.1 Å². The second-order valence-corrected chi connectivity index (χ2v) is 18.2. The number of rotatable bonds is 26. The van der Waals surface area contributed by atoms with Crippen LogP contribution in [-0.2, 0) is 72.2 Å². The monoisotopic (exact) mass is 1080 g/mol. The number of H-pyrrole nitrogens is 1. The zero-order valence-corrected chi connectivity index (χ0v) is 39.1. The molecule has 0 radical (unpaired) electrons. The van der Waals surface area contributed by atoms with Gasteiger partial charge in [0.25, 0.3) is 0 Å². The molecule has 0 bridgehead atoms. The minimum absolute atomic E-state index is 0.137. The van der Waals surface area contributed by atoms with Crippen LogP contribution in [0.4, 0.5) is 17.6 Å². The number of sulfonamides is 1. The third-order valence-corrected chi connectivity index (χ3v) is 12.4. The van der Waals surface area contributed by atoms with Crippen LogP contribution in [0, 0.1) is 5.82 Å². The topological polar surface area (TPSA) is 362 Å². The number of benzene rings is 3. The van der Waals surface area contributed by atoms with E-state index in [0.717, 1.165) is 18.2 Å². The van der Waals surface area contributed by atoms with Crippen molar-refractivity contribution in [2.75, 3.05) is 6.54 Å². The summed E-state index contributed by atoms with van der Waals surface area (Å²) in [6, 6.07) is 4.31. The van der Waals surface area contributed by atoms with Gasteiger partial charge in [0.2, 0.25) is 45.5 Å². The van der Waals surface area contributed by atoms with Crippen molar-refractivity contribution in [1.29, 1.82) is 0 Å². The predicted octanol–water partition coefficient (Wildman–Crippen LogP) is 0.966. The number of aromatic nitrogens is 1. The Morgan fingerprint density at radius 3 is 1.89 bits per heavy atom. The van der Waals surface area contributed by atoms with Gasteiger partial charge in [-0.25, -0.2) is 12.8 Å².